The van der Waals surface area contributed by atoms with E-state index in [0.29, 0.717) is 6.04 Å². The molecule has 0 fully saturated rings. The Balaban J connectivity index is 0.00000484. The first kappa shape index (κ1) is 22.1. The normalized spacial score (nSPS) is 12.9. The third kappa shape index (κ3) is 9.12. The summed E-state index contributed by atoms with van der Waals surface area (Å²) in [6.07, 6.45) is 6.39. The summed E-state index contributed by atoms with van der Waals surface area (Å²) in [4.78, 5) is 4.29. The zero-order valence-corrected chi connectivity index (χ0v) is 17.5. The average molecular weight is 436 g/mol. The highest BCUT2D eigenvalue weighted by Gasteiger charge is 2.06. The lowest BCUT2D eigenvalue weighted by molar-refractivity contribution is 0.490. The van der Waals surface area contributed by atoms with Gasteiger partial charge in [0, 0.05) is 32.6 Å². The van der Waals surface area contributed by atoms with Crippen molar-refractivity contribution >= 4 is 29.9 Å². The minimum atomic E-state index is 0. The summed E-state index contributed by atoms with van der Waals surface area (Å²) in [6.45, 7) is 10.5. The molecule has 0 saturated carbocycles. The quantitative estimate of drug-likeness (QED) is 0.355. The summed E-state index contributed by atoms with van der Waals surface area (Å²) in [5, 5.41) is 14.8. The summed E-state index contributed by atoms with van der Waals surface area (Å²) in [5.74, 6) is 2.66. The first-order chi connectivity index (χ1) is 10.6. The van der Waals surface area contributed by atoms with Crippen molar-refractivity contribution < 1.29 is 0 Å². The maximum absolute atomic E-state index is 4.29. The van der Waals surface area contributed by atoms with Crippen molar-refractivity contribution in [1.82, 2.24) is 25.4 Å². The van der Waals surface area contributed by atoms with E-state index in [0.717, 1.165) is 37.2 Å². The summed E-state index contributed by atoms with van der Waals surface area (Å²) < 4.78 is 2.08. The monoisotopic (exact) mass is 436 g/mol. The first-order valence-corrected chi connectivity index (χ1v) is 8.40. The molecule has 1 aromatic heterocycles. The van der Waals surface area contributed by atoms with E-state index in [1.165, 1.54) is 19.3 Å². The molecule has 23 heavy (non-hydrogen) atoms. The van der Waals surface area contributed by atoms with Gasteiger partial charge in [-0.05, 0) is 19.3 Å². The highest BCUT2D eigenvalue weighted by Crippen LogP contribution is 2.08. The van der Waals surface area contributed by atoms with Crippen LogP contribution in [0.15, 0.2) is 11.3 Å². The van der Waals surface area contributed by atoms with Gasteiger partial charge in [-0.25, -0.2) is 0 Å². The van der Waals surface area contributed by atoms with Crippen molar-refractivity contribution in [3.8, 4) is 0 Å². The Morgan fingerprint density at radius 1 is 1.30 bits per heavy atom. The number of guanidine groups is 1. The molecular weight excluding hydrogens is 403 g/mol. The maximum atomic E-state index is 4.29. The highest BCUT2D eigenvalue weighted by atomic mass is 127. The fourth-order valence-corrected chi connectivity index (χ4v) is 2.37. The van der Waals surface area contributed by atoms with Crippen LogP contribution in [0, 0.1) is 5.92 Å². The third-order valence-electron chi connectivity index (χ3n) is 3.68. The second-order valence-electron chi connectivity index (χ2n) is 6.16. The predicted molar refractivity (Wildman–Crippen MR) is 107 cm³/mol. The van der Waals surface area contributed by atoms with Crippen molar-refractivity contribution in [3.05, 3.63) is 12.2 Å². The Hall–Kier alpha value is -0.860. The number of halogens is 1. The number of aliphatic imine (C=N–C) groups is 1. The molecule has 0 aliphatic heterocycles. The molecule has 134 valence electrons. The lowest BCUT2D eigenvalue weighted by atomic mass is 10.0. The van der Waals surface area contributed by atoms with Crippen molar-refractivity contribution in [3.63, 3.8) is 0 Å². The van der Waals surface area contributed by atoms with Crippen LogP contribution in [0.25, 0.3) is 0 Å². The molecule has 1 aromatic rings. The number of nitrogens with zero attached hydrogens (tertiary/aromatic N) is 4. The molecule has 2 N–H and O–H groups in total. The third-order valence-corrected chi connectivity index (χ3v) is 3.68. The Kier molecular flexibility index (Phi) is 12.1. The molecule has 1 unspecified atom stereocenters. The van der Waals surface area contributed by atoms with E-state index in [4.69, 9.17) is 0 Å². The molecule has 7 heteroatoms. The van der Waals surface area contributed by atoms with Crippen LogP contribution in [0.4, 0.5) is 0 Å². The standard InChI is InChI=1S/C16H32N6.HI/c1-6-15-21-19-12-22(15)11-10-18-16(17-5)20-14(4)9-7-8-13(2)3;/h12-14H,6-11H2,1-5H3,(H2,17,18,20);1H. The van der Waals surface area contributed by atoms with Crippen LogP contribution in [0.2, 0.25) is 0 Å². The van der Waals surface area contributed by atoms with Gasteiger partial charge in [-0.1, -0.05) is 33.6 Å². The number of aromatic nitrogens is 3. The van der Waals surface area contributed by atoms with E-state index < -0.39 is 0 Å². The molecule has 0 spiro atoms. The molecule has 0 saturated heterocycles. The van der Waals surface area contributed by atoms with E-state index in [9.17, 15) is 0 Å². The zero-order valence-electron chi connectivity index (χ0n) is 15.2. The minimum Gasteiger partial charge on any atom is -0.355 e. The number of aryl methyl sites for hydroxylation is 1. The van der Waals surface area contributed by atoms with Gasteiger partial charge < -0.3 is 15.2 Å². The largest absolute Gasteiger partial charge is 0.355 e. The predicted octanol–water partition coefficient (Wildman–Crippen LogP) is 2.84. The fourth-order valence-electron chi connectivity index (χ4n) is 2.37. The van der Waals surface area contributed by atoms with Crippen molar-refractivity contribution in [2.75, 3.05) is 13.6 Å². The molecule has 0 radical (unpaired) electrons. The van der Waals surface area contributed by atoms with E-state index in [-0.39, 0.29) is 24.0 Å². The van der Waals surface area contributed by atoms with Gasteiger partial charge in [-0.3, -0.25) is 4.99 Å². The van der Waals surface area contributed by atoms with Crippen LogP contribution < -0.4 is 10.6 Å². The SMILES string of the molecule is CCc1nncn1CCNC(=NC)NC(C)CCCC(C)C.I. The highest BCUT2D eigenvalue weighted by molar-refractivity contribution is 14.0. The van der Waals surface area contributed by atoms with E-state index >= 15 is 0 Å². The molecule has 1 rings (SSSR count). The number of hydrogen-bond acceptors (Lipinski definition) is 3. The number of rotatable bonds is 9. The Labute approximate surface area is 158 Å². The van der Waals surface area contributed by atoms with Crippen LogP contribution in [0.1, 0.15) is 52.8 Å². The van der Waals surface area contributed by atoms with Crippen LogP contribution >= 0.6 is 24.0 Å². The zero-order chi connectivity index (χ0) is 16.4. The second-order valence-corrected chi connectivity index (χ2v) is 6.16. The van der Waals surface area contributed by atoms with Crippen molar-refractivity contribution in [2.45, 2.75) is 66.0 Å². The van der Waals surface area contributed by atoms with Crippen molar-refractivity contribution in [2.24, 2.45) is 10.9 Å². The topological polar surface area (TPSA) is 67.1 Å². The molecule has 1 heterocycles. The van der Waals surface area contributed by atoms with Gasteiger partial charge in [-0.2, -0.15) is 0 Å². The molecule has 6 nitrogen and oxygen atoms in total. The summed E-state index contributed by atoms with van der Waals surface area (Å²) >= 11 is 0. The molecule has 0 aromatic carbocycles. The van der Waals surface area contributed by atoms with Gasteiger partial charge in [0.05, 0.1) is 0 Å². The van der Waals surface area contributed by atoms with E-state index in [1.54, 1.807) is 6.33 Å². The van der Waals surface area contributed by atoms with Gasteiger partial charge in [0.2, 0.25) is 0 Å². The van der Waals surface area contributed by atoms with Crippen LogP contribution in [0.5, 0.6) is 0 Å². The van der Waals surface area contributed by atoms with Crippen LogP contribution in [0.3, 0.4) is 0 Å². The van der Waals surface area contributed by atoms with Gasteiger partial charge in [0.15, 0.2) is 5.96 Å². The van der Waals surface area contributed by atoms with Crippen molar-refractivity contribution in [1.29, 1.82) is 0 Å². The number of nitrogens with one attached hydrogen (secondary N) is 2. The Bertz CT molecular complexity index is 444. The lowest BCUT2D eigenvalue weighted by Gasteiger charge is -2.18. The summed E-state index contributed by atoms with van der Waals surface area (Å²) in [5.41, 5.74) is 0. The molecular formula is C16H33IN6. The van der Waals surface area contributed by atoms with Gasteiger partial charge >= 0.3 is 0 Å². The summed E-state index contributed by atoms with van der Waals surface area (Å²) in [6, 6.07) is 0.436. The minimum absolute atomic E-state index is 0. The number of hydrogen-bond donors (Lipinski definition) is 2. The van der Waals surface area contributed by atoms with Crippen LogP contribution in [-0.4, -0.2) is 40.4 Å². The smallest absolute Gasteiger partial charge is 0.191 e. The first-order valence-electron chi connectivity index (χ1n) is 8.40. The average Bonchev–Trinajstić information content (AvgIpc) is 2.93. The van der Waals surface area contributed by atoms with Gasteiger partial charge in [-0.15, -0.1) is 34.2 Å². The maximum Gasteiger partial charge on any atom is 0.191 e. The Morgan fingerprint density at radius 3 is 2.65 bits per heavy atom. The molecule has 0 bridgehead atoms. The Morgan fingerprint density at radius 2 is 2.04 bits per heavy atom. The van der Waals surface area contributed by atoms with E-state index in [1.807, 2.05) is 7.05 Å². The fraction of sp³-hybridized carbons (Fsp3) is 0.812. The molecule has 1 atom stereocenters. The molecule has 0 aliphatic carbocycles. The molecule has 0 aliphatic rings. The summed E-state index contributed by atoms with van der Waals surface area (Å²) in [7, 11) is 1.81. The van der Waals surface area contributed by atoms with E-state index in [2.05, 4.69) is 58.1 Å². The van der Waals surface area contributed by atoms with Gasteiger partial charge in [0.25, 0.3) is 0 Å². The molecule has 0 amide bonds. The van der Waals surface area contributed by atoms with Gasteiger partial charge in [0.1, 0.15) is 12.2 Å². The lowest BCUT2D eigenvalue weighted by Crippen LogP contribution is -2.43. The second kappa shape index (κ2) is 12.5. The van der Waals surface area contributed by atoms with Crippen LogP contribution in [-0.2, 0) is 13.0 Å².